The molecule has 0 aliphatic rings. The molecule has 0 aliphatic carbocycles. The summed E-state index contributed by atoms with van der Waals surface area (Å²) in [6.45, 7) is 7.50. The fourth-order valence-corrected chi connectivity index (χ4v) is 4.44. The van der Waals surface area contributed by atoms with Gasteiger partial charge in [0.2, 0.25) is 5.60 Å². The number of carboxylic acid groups (broad SMARTS) is 1. The van der Waals surface area contributed by atoms with Crippen LogP contribution in [0.5, 0.6) is 11.5 Å². The molecule has 0 radical (unpaired) electrons. The van der Waals surface area contributed by atoms with Crippen LogP contribution in [-0.2, 0) is 37.6 Å². The topological polar surface area (TPSA) is 124 Å². The molecular weight excluding hydrogens is 472 g/mol. The molecule has 0 amide bonds. The van der Waals surface area contributed by atoms with Crippen molar-refractivity contribution in [2.24, 2.45) is 0 Å². The van der Waals surface area contributed by atoms with E-state index in [9.17, 15) is 15.0 Å². The average molecular weight is 502 g/mol. The molecule has 180 valence electrons. The summed E-state index contributed by atoms with van der Waals surface area (Å²) < 4.78 is 29.6. The molecule has 3 aromatic rings. The second kappa shape index (κ2) is 11.1. The van der Waals surface area contributed by atoms with E-state index in [1.807, 2.05) is 88.4 Å². The van der Waals surface area contributed by atoms with Gasteiger partial charge >= 0.3 is 35.3 Å². The zero-order chi connectivity index (χ0) is 25.6. The molecule has 0 heterocycles. The van der Waals surface area contributed by atoms with Crippen molar-refractivity contribution in [3.05, 3.63) is 96.1 Å². The maximum absolute atomic E-state index is 13.2. The molecule has 0 saturated carbocycles. The Labute approximate surface area is 206 Å². The molecular formula is C26H30O7Ti. The van der Waals surface area contributed by atoms with Gasteiger partial charge in [-0.3, -0.25) is 0 Å². The quantitative estimate of drug-likeness (QED) is 0.355. The van der Waals surface area contributed by atoms with Crippen molar-refractivity contribution in [3.8, 4) is 11.5 Å². The number of carbonyl (C=O) groups is 1. The van der Waals surface area contributed by atoms with Gasteiger partial charge in [0.15, 0.2) is 11.5 Å². The summed E-state index contributed by atoms with van der Waals surface area (Å²) in [7, 11) is 0. The predicted molar refractivity (Wildman–Crippen MR) is 123 cm³/mol. The van der Waals surface area contributed by atoms with Crippen LogP contribution in [0.1, 0.15) is 38.8 Å². The van der Waals surface area contributed by atoms with E-state index in [0.29, 0.717) is 0 Å². The van der Waals surface area contributed by atoms with Crippen LogP contribution in [0.2, 0.25) is 0 Å². The molecule has 3 rings (SSSR count). The molecule has 34 heavy (non-hydrogen) atoms. The van der Waals surface area contributed by atoms with Crippen molar-refractivity contribution < 1.29 is 49.1 Å². The third-order valence-corrected chi connectivity index (χ3v) is 6.18. The molecule has 0 atom stereocenters. The Morgan fingerprint density at radius 1 is 0.735 bits per heavy atom. The van der Waals surface area contributed by atoms with Crippen LogP contribution in [0.15, 0.2) is 84.9 Å². The first-order valence-corrected chi connectivity index (χ1v) is 12.6. The van der Waals surface area contributed by atoms with Crippen molar-refractivity contribution in [2.45, 2.75) is 44.1 Å². The first-order chi connectivity index (χ1) is 15.9. The molecule has 8 heteroatoms. The fourth-order valence-electron chi connectivity index (χ4n) is 4.44. The van der Waals surface area contributed by atoms with Crippen molar-refractivity contribution in [1.82, 2.24) is 0 Å². The van der Waals surface area contributed by atoms with E-state index in [1.165, 1.54) is 6.07 Å². The van der Waals surface area contributed by atoms with Crippen LogP contribution in [0.4, 0.5) is 0 Å². The van der Waals surface area contributed by atoms with Gasteiger partial charge < -0.3 is 14.9 Å². The summed E-state index contributed by atoms with van der Waals surface area (Å²) in [4.78, 5) is 13.2. The molecule has 0 aliphatic heterocycles. The zero-order valence-corrected chi connectivity index (χ0v) is 21.2. The number of rotatable bonds is 7. The van der Waals surface area contributed by atoms with E-state index in [-0.39, 0.29) is 11.5 Å². The second-order valence-electron chi connectivity index (χ2n) is 8.82. The number of hydrogen-bond donors (Lipinski definition) is 4. The first kappa shape index (κ1) is 27.4. The Bertz CT molecular complexity index is 1060. The van der Waals surface area contributed by atoms with Crippen LogP contribution < -0.4 is 4.74 Å². The Morgan fingerprint density at radius 3 is 1.44 bits per heavy atom. The number of aromatic hydroxyl groups is 1. The number of ether oxygens (including phenoxy) is 1. The summed E-state index contributed by atoms with van der Waals surface area (Å²) in [5.41, 5.74) is -2.04. The van der Waals surface area contributed by atoms with Crippen LogP contribution >= 0.6 is 0 Å². The third kappa shape index (κ3) is 5.45. The molecule has 7 nitrogen and oxygen atoms in total. The van der Waals surface area contributed by atoms with Gasteiger partial charge in [-0.1, -0.05) is 100 Å². The number of carboxylic acids is 1. The van der Waals surface area contributed by atoms with Crippen LogP contribution in [0.3, 0.4) is 0 Å². The maximum atomic E-state index is 13.2. The summed E-state index contributed by atoms with van der Waals surface area (Å²) in [5.74, 6) is -1.07. The summed E-state index contributed by atoms with van der Waals surface area (Å²) >= 11 is -3.58. The van der Waals surface area contributed by atoms with E-state index in [2.05, 4.69) is 0 Å². The SMILES string of the molecule is CC(C)(c1ccccc1)C(Oc1ccccc1O)(C(=O)O)C(C)(C)c1ccccc1.[O]=[Ti]([OH])[OH]. The zero-order valence-electron chi connectivity index (χ0n) is 19.6. The van der Waals surface area contributed by atoms with E-state index in [0.717, 1.165) is 11.1 Å². The normalized spacial score (nSPS) is 11.7. The molecule has 4 N–H and O–H groups in total. The summed E-state index contributed by atoms with van der Waals surface area (Å²) in [6.07, 6.45) is 0. The van der Waals surface area contributed by atoms with Gasteiger partial charge in [0.1, 0.15) is 0 Å². The number of aliphatic carboxylic acids is 1. The van der Waals surface area contributed by atoms with E-state index in [4.69, 9.17) is 15.4 Å². The average Bonchev–Trinajstić information content (AvgIpc) is 2.79. The van der Waals surface area contributed by atoms with Gasteiger partial charge in [-0.25, -0.2) is 4.79 Å². The molecule has 0 bridgehead atoms. The van der Waals surface area contributed by atoms with Crippen molar-refractivity contribution in [2.75, 3.05) is 0 Å². The fraction of sp³-hybridized carbons (Fsp3) is 0.269. The van der Waals surface area contributed by atoms with Gasteiger partial charge in [-0.05, 0) is 23.3 Å². The number of hydrogen-bond acceptors (Lipinski definition) is 4. The van der Waals surface area contributed by atoms with E-state index >= 15 is 0 Å². The van der Waals surface area contributed by atoms with Crippen LogP contribution in [0, 0.1) is 0 Å². The minimum atomic E-state index is -3.58. The number of benzene rings is 3. The summed E-state index contributed by atoms with van der Waals surface area (Å²) in [6, 6.07) is 25.5. The van der Waals surface area contributed by atoms with Crippen molar-refractivity contribution >= 4 is 5.97 Å². The molecule has 0 fully saturated rings. The molecule has 0 saturated heterocycles. The molecule has 0 spiro atoms. The monoisotopic (exact) mass is 502 g/mol. The number of phenols is 1. The van der Waals surface area contributed by atoms with Gasteiger partial charge in [-0.15, -0.1) is 0 Å². The Hall–Kier alpha value is -2.84. The molecule has 0 aromatic heterocycles. The van der Waals surface area contributed by atoms with E-state index in [1.54, 1.807) is 18.2 Å². The number of para-hydroxylation sites is 2. The van der Waals surface area contributed by atoms with Gasteiger partial charge in [-0.2, -0.15) is 0 Å². The van der Waals surface area contributed by atoms with Gasteiger partial charge in [0.05, 0.1) is 0 Å². The van der Waals surface area contributed by atoms with Gasteiger partial charge in [0, 0.05) is 10.8 Å². The van der Waals surface area contributed by atoms with Crippen molar-refractivity contribution in [1.29, 1.82) is 0 Å². The van der Waals surface area contributed by atoms with E-state index < -0.39 is 41.0 Å². The number of phenolic OH excluding ortho intramolecular Hbond substituents is 1. The Balaban J connectivity index is 0.000000945. The van der Waals surface area contributed by atoms with Gasteiger partial charge in [0.25, 0.3) is 0 Å². The standard InChI is InChI=1S/C26H28O4.2H2O.O.Ti/c1-24(2,19-13-7-5-8-14-19)26(23(28)29,30-22-18-12-11-17-21(22)27)25(3,4)20-15-9-6-10-16-20;;;;/h5-18,27H,1-4H3,(H,28,29);2*1H2;;/q;;;;+2/p-2. The summed E-state index contributed by atoms with van der Waals surface area (Å²) in [5, 5.41) is 21.2. The Kier molecular flexibility index (Phi) is 8.92. The third-order valence-electron chi connectivity index (χ3n) is 6.18. The van der Waals surface area contributed by atoms with Crippen LogP contribution in [0.25, 0.3) is 0 Å². The minimum absolute atomic E-state index is 0.101. The first-order valence-electron chi connectivity index (χ1n) is 10.6. The van der Waals surface area contributed by atoms with Crippen molar-refractivity contribution in [3.63, 3.8) is 0 Å². The predicted octanol–water partition coefficient (Wildman–Crippen LogP) is 4.31. The Morgan fingerprint density at radius 2 is 1.09 bits per heavy atom. The molecule has 3 aromatic carbocycles. The molecule has 0 unspecified atom stereocenters. The van der Waals surface area contributed by atoms with Crippen LogP contribution in [-0.4, -0.2) is 29.2 Å². The second-order valence-corrected chi connectivity index (χ2v) is 9.70.